The third-order valence-corrected chi connectivity index (χ3v) is 3.40. The molecule has 0 aliphatic heterocycles. The van der Waals surface area contributed by atoms with Crippen LogP contribution in [0.3, 0.4) is 0 Å². The van der Waals surface area contributed by atoms with Gasteiger partial charge in [0.05, 0.1) is 0 Å². The Labute approximate surface area is 80.2 Å². The Hall–Kier alpha value is -0.960. The van der Waals surface area contributed by atoms with Gasteiger partial charge in [-0.05, 0) is 26.3 Å². The van der Waals surface area contributed by atoms with E-state index in [0.717, 1.165) is 21.7 Å². The number of nitrogens with zero attached hydrogens (tertiary/aromatic N) is 1. The normalized spacial score (nSPS) is 11.1. The van der Waals surface area contributed by atoms with Gasteiger partial charge in [0.15, 0.2) is 0 Å². The number of halogens is 1. The minimum Gasteiger partial charge on any atom is -0.257 e. The van der Waals surface area contributed by atoms with E-state index >= 15 is 0 Å². The maximum Gasteiger partial charge on any atom is 0.143 e. The average molecular weight is 195 g/mol. The third-order valence-electron chi connectivity index (χ3n) is 2.33. The summed E-state index contributed by atoms with van der Waals surface area (Å²) in [6, 6.07) is 0. The Morgan fingerprint density at radius 1 is 1.23 bits per heavy atom. The van der Waals surface area contributed by atoms with Gasteiger partial charge in [0.25, 0.3) is 0 Å². The van der Waals surface area contributed by atoms with Crippen LogP contribution in [0.2, 0.25) is 0 Å². The maximum atomic E-state index is 13.3. The van der Waals surface area contributed by atoms with Crippen LogP contribution in [0.5, 0.6) is 0 Å². The average Bonchev–Trinajstić information content (AvgIpc) is 2.44. The summed E-state index contributed by atoms with van der Waals surface area (Å²) in [6.45, 7) is 5.80. The van der Waals surface area contributed by atoms with Crippen LogP contribution in [-0.2, 0) is 0 Å². The molecule has 0 spiro atoms. The van der Waals surface area contributed by atoms with Crippen molar-refractivity contribution in [3.05, 3.63) is 28.1 Å². The van der Waals surface area contributed by atoms with Crippen LogP contribution in [0.15, 0.2) is 5.38 Å². The van der Waals surface area contributed by atoms with Crippen molar-refractivity contribution in [3.8, 4) is 0 Å². The summed E-state index contributed by atoms with van der Waals surface area (Å²) >= 11 is 1.45. The fourth-order valence-electron chi connectivity index (χ4n) is 1.51. The van der Waals surface area contributed by atoms with Gasteiger partial charge in [-0.25, -0.2) is 4.39 Å². The minimum absolute atomic E-state index is 0.145. The van der Waals surface area contributed by atoms with Crippen molar-refractivity contribution in [2.45, 2.75) is 20.8 Å². The lowest BCUT2D eigenvalue weighted by molar-refractivity contribution is 0.643. The molecule has 2 heterocycles. The van der Waals surface area contributed by atoms with Gasteiger partial charge < -0.3 is 0 Å². The van der Waals surface area contributed by atoms with Crippen molar-refractivity contribution in [1.29, 1.82) is 0 Å². The largest absolute Gasteiger partial charge is 0.257 e. The SMILES string of the molecule is Cc1nc(C)c2c(F)csc2c1C. The van der Waals surface area contributed by atoms with Crippen molar-refractivity contribution in [2.75, 3.05) is 0 Å². The molecule has 0 amide bonds. The zero-order chi connectivity index (χ0) is 9.59. The summed E-state index contributed by atoms with van der Waals surface area (Å²) in [6.07, 6.45) is 0. The molecule has 0 aliphatic carbocycles. The second-order valence-electron chi connectivity index (χ2n) is 3.20. The highest BCUT2D eigenvalue weighted by Gasteiger charge is 2.11. The zero-order valence-electron chi connectivity index (χ0n) is 7.81. The van der Waals surface area contributed by atoms with Crippen LogP contribution >= 0.6 is 11.3 Å². The van der Waals surface area contributed by atoms with Gasteiger partial charge in [-0.15, -0.1) is 11.3 Å². The van der Waals surface area contributed by atoms with Crippen molar-refractivity contribution >= 4 is 21.4 Å². The minimum atomic E-state index is -0.145. The molecule has 0 aliphatic rings. The zero-order valence-corrected chi connectivity index (χ0v) is 8.63. The molecule has 2 aromatic heterocycles. The van der Waals surface area contributed by atoms with E-state index in [9.17, 15) is 4.39 Å². The number of hydrogen-bond acceptors (Lipinski definition) is 2. The Morgan fingerprint density at radius 3 is 2.62 bits per heavy atom. The van der Waals surface area contributed by atoms with Crippen LogP contribution in [0.25, 0.3) is 10.1 Å². The van der Waals surface area contributed by atoms with Gasteiger partial charge in [-0.2, -0.15) is 0 Å². The van der Waals surface area contributed by atoms with Crippen molar-refractivity contribution < 1.29 is 4.39 Å². The van der Waals surface area contributed by atoms with E-state index in [1.165, 1.54) is 11.3 Å². The van der Waals surface area contributed by atoms with Crippen LogP contribution in [0.4, 0.5) is 4.39 Å². The van der Waals surface area contributed by atoms with E-state index in [-0.39, 0.29) is 5.82 Å². The quantitative estimate of drug-likeness (QED) is 0.628. The molecule has 0 aromatic carbocycles. The summed E-state index contributed by atoms with van der Waals surface area (Å²) in [5.41, 5.74) is 2.87. The molecule has 0 bridgehead atoms. The number of rotatable bonds is 0. The van der Waals surface area contributed by atoms with Crippen molar-refractivity contribution in [2.24, 2.45) is 0 Å². The molecular formula is C10H10FNS. The maximum absolute atomic E-state index is 13.3. The second kappa shape index (κ2) is 2.77. The Balaban J connectivity index is 2.99. The highest BCUT2D eigenvalue weighted by atomic mass is 32.1. The summed E-state index contributed by atoms with van der Waals surface area (Å²) in [5.74, 6) is -0.145. The summed E-state index contributed by atoms with van der Waals surface area (Å²) in [7, 11) is 0. The van der Waals surface area contributed by atoms with E-state index in [2.05, 4.69) is 4.98 Å². The summed E-state index contributed by atoms with van der Waals surface area (Å²) in [4.78, 5) is 4.30. The second-order valence-corrected chi connectivity index (χ2v) is 4.08. The van der Waals surface area contributed by atoms with Crippen LogP contribution < -0.4 is 0 Å². The van der Waals surface area contributed by atoms with Crippen LogP contribution in [0.1, 0.15) is 17.0 Å². The lowest BCUT2D eigenvalue weighted by atomic mass is 10.1. The molecule has 2 rings (SSSR count). The number of hydrogen-bond donors (Lipinski definition) is 0. The molecule has 0 fully saturated rings. The van der Waals surface area contributed by atoms with Crippen molar-refractivity contribution in [1.82, 2.24) is 4.98 Å². The first-order chi connectivity index (χ1) is 6.11. The van der Waals surface area contributed by atoms with E-state index < -0.39 is 0 Å². The van der Waals surface area contributed by atoms with E-state index in [0.29, 0.717) is 5.39 Å². The molecule has 68 valence electrons. The highest BCUT2D eigenvalue weighted by Crippen LogP contribution is 2.30. The lowest BCUT2D eigenvalue weighted by Gasteiger charge is -2.03. The van der Waals surface area contributed by atoms with Gasteiger partial charge in [0.2, 0.25) is 0 Å². The number of pyridine rings is 1. The predicted octanol–water partition coefficient (Wildman–Crippen LogP) is 3.36. The molecular weight excluding hydrogens is 185 g/mol. The smallest absolute Gasteiger partial charge is 0.143 e. The molecule has 13 heavy (non-hydrogen) atoms. The van der Waals surface area contributed by atoms with E-state index in [4.69, 9.17) is 0 Å². The molecule has 0 unspecified atom stereocenters. The molecule has 0 atom stereocenters. The number of thiophene rings is 1. The van der Waals surface area contributed by atoms with Gasteiger partial charge in [0, 0.05) is 26.9 Å². The van der Waals surface area contributed by atoms with Crippen molar-refractivity contribution in [3.63, 3.8) is 0 Å². The number of aromatic nitrogens is 1. The van der Waals surface area contributed by atoms with Crippen LogP contribution in [-0.4, -0.2) is 4.98 Å². The first-order valence-electron chi connectivity index (χ1n) is 4.11. The van der Waals surface area contributed by atoms with Gasteiger partial charge >= 0.3 is 0 Å². The fourth-order valence-corrected chi connectivity index (χ4v) is 2.53. The topological polar surface area (TPSA) is 12.9 Å². The molecule has 0 radical (unpaired) electrons. The van der Waals surface area contributed by atoms with Gasteiger partial charge in [-0.3, -0.25) is 4.98 Å². The summed E-state index contributed by atoms with van der Waals surface area (Å²) in [5, 5.41) is 2.24. The molecule has 3 heteroatoms. The number of aryl methyl sites for hydroxylation is 3. The molecule has 0 saturated heterocycles. The molecule has 0 saturated carbocycles. The number of fused-ring (bicyclic) bond motifs is 1. The molecule has 0 N–H and O–H groups in total. The van der Waals surface area contributed by atoms with Crippen LogP contribution in [0, 0.1) is 26.6 Å². The highest BCUT2D eigenvalue weighted by molar-refractivity contribution is 7.17. The standard InChI is InChI=1S/C10H10FNS/c1-5-6(2)12-7(3)9-8(11)4-13-10(5)9/h4H,1-3H3. The molecule has 1 nitrogen and oxygen atoms in total. The monoisotopic (exact) mass is 195 g/mol. The lowest BCUT2D eigenvalue weighted by Crippen LogP contribution is -1.91. The summed E-state index contributed by atoms with van der Waals surface area (Å²) < 4.78 is 14.3. The third kappa shape index (κ3) is 1.15. The molecule has 2 aromatic rings. The van der Waals surface area contributed by atoms with Gasteiger partial charge in [-0.1, -0.05) is 0 Å². The Kier molecular flexibility index (Phi) is 1.84. The van der Waals surface area contributed by atoms with E-state index in [1.54, 1.807) is 5.38 Å². The predicted molar refractivity (Wildman–Crippen MR) is 53.8 cm³/mol. The Morgan fingerprint density at radius 2 is 1.92 bits per heavy atom. The first kappa shape index (κ1) is 8.63. The fraction of sp³-hybridized carbons (Fsp3) is 0.300. The van der Waals surface area contributed by atoms with Gasteiger partial charge in [0.1, 0.15) is 5.82 Å². The Bertz CT molecular complexity index is 473. The van der Waals surface area contributed by atoms with E-state index in [1.807, 2.05) is 20.8 Å². The first-order valence-corrected chi connectivity index (χ1v) is 4.99.